The van der Waals surface area contributed by atoms with E-state index in [4.69, 9.17) is 0 Å². The second-order valence-electron chi connectivity index (χ2n) is 14.4. The van der Waals surface area contributed by atoms with Gasteiger partial charge in [-0.25, -0.2) is 0 Å². The zero-order chi connectivity index (χ0) is 37.8. The largest absolute Gasteiger partial charge is 0.394 e. The van der Waals surface area contributed by atoms with Gasteiger partial charge in [0.15, 0.2) is 0 Å². The monoisotopic (exact) mass is 722 g/mol. The number of hydrogen-bond acceptors (Lipinski definition) is 3. The average Bonchev–Trinajstić information content (AvgIpc) is 3.15. The lowest BCUT2D eigenvalue weighted by Gasteiger charge is -2.19. The maximum absolute atomic E-state index is 12.4. The van der Waals surface area contributed by atoms with Gasteiger partial charge in [-0.1, -0.05) is 189 Å². The molecule has 52 heavy (non-hydrogen) atoms. The van der Waals surface area contributed by atoms with Gasteiger partial charge < -0.3 is 15.5 Å². The Bertz CT molecular complexity index is 957. The van der Waals surface area contributed by atoms with Crippen LogP contribution < -0.4 is 5.32 Å². The highest BCUT2D eigenvalue weighted by Gasteiger charge is 2.17. The first-order chi connectivity index (χ1) is 25.7. The first-order valence-electron chi connectivity index (χ1n) is 21.8. The Morgan fingerprint density at radius 3 is 1.35 bits per heavy atom. The van der Waals surface area contributed by atoms with E-state index in [0.717, 1.165) is 64.2 Å². The minimum atomic E-state index is -0.876. The number of aliphatic hydroxyl groups excluding tert-OH is 2. The maximum atomic E-state index is 12.4. The van der Waals surface area contributed by atoms with Crippen LogP contribution >= 0.6 is 0 Å². The van der Waals surface area contributed by atoms with Crippen molar-refractivity contribution >= 4 is 5.91 Å². The second-order valence-corrected chi connectivity index (χ2v) is 14.4. The second kappa shape index (κ2) is 43.0. The Kier molecular flexibility index (Phi) is 41.0. The van der Waals surface area contributed by atoms with Gasteiger partial charge in [-0.3, -0.25) is 4.79 Å². The summed E-state index contributed by atoms with van der Waals surface area (Å²) in [5.74, 6) is -0.0869. The van der Waals surface area contributed by atoms with E-state index in [9.17, 15) is 15.0 Å². The molecule has 0 bridgehead atoms. The Labute approximate surface area is 322 Å². The highest BCUT2D eigenvalue weighted by molar-refractivity contribution is 5.76. The number of hydrogen-bond donors (Lipinski definition) is 3. The Morgan fingerprint density at radius 1 is 0.481 bits per heavy atom. The molecule has 0 spiro atoms. The number of allylic oxidation sites excluding steroid dienone is 13. The highest BCUT2D eigenvalue weighted by Crippen LogP contribution is 2.13. The fraction of sp³-hybridized carbons (Fsp3) is 0.688. The van der Waals surface area contributed by atoms with Crippen molar-refractivity contribution in [2.45, 2.75) is 206 Å². The number of rotatable bonds is 38. The average molecular weight is 722 g/mol. The molecule has 2 atom stereocenters. The molecule has 0 aromatic heterocycles. The van der Waals surface area contributed by atoms with Gasteiger partial charge in [0.1, 0.15) is 0 Å². The number of carbonyl (C=O) groups excluding carboxylic acids is 1. The van der Waals surface area contributed by atoms with E-state index in [1.54, 1.807) is 6.08 Å². The lowest BCUT2D eigenvalue weighted by Crippen LogP contribution is -2.45. The van der Waals surface area contributed by atoms with Crippen LogP contribution in [0.2, 0.25) is 0 Å². The molecule has 0 radical (unpaired) electrons. The van der Waals surface area contributed by atoms with Crippen molar-refractivity contribution < 1.29 is 15.0 Å². The van der Waals surface area contributed by atoms with Crippen molar-refractivity contribution in [2.75, 3.05) is 6.61 Å². The lowest BCUT2D eigenvalue weighted by atomic mass is 10.0. The third-order valence-electron chi connectivity index (χ3n) is 9.34. The van der Waals surface area contributed by atoms with E-state index in [1.165, 1.54) is 109 Å². The molecule has 4 nitrogen and oxygen atoms in total. The molecule has 0 aliphatic rings. The van der Waals surface area contributed by atoms with Crippen molar-refractivity contribution in [3.05, 3.63) is 85.1 Å². The summed E-state index contributed by atoms with van der Waals surface area (Å²) in [4.78, 5) is 12.4. The molecular weight excluding hydrogens is 639 g/mol. The van der Waals surface area contributed by atoms with Crippen molar-refractivity contribution in [3.8, 4) is 0 Å². The fourth-order valence-corrected chi connectivity index (χ4v) is 6.02. The minimum absolute atomic E-state index is 0.0869. The SMILES string of the molecule is CC/C=C\C/C=C\C/C=C\C/C=C\CCCCCCCCCCCCC(=O)NC(CO)C(O)/C=C/CC/C=C/CC/C=C/CCCCCCCCC. The molecule has 0 aromatic carbocycles. The van der Waals surface area contributed by atoms with E-state index in [1.807, 2.05) is 6.08 Å². The highest BCUT2D eigenvalue weighted by atomic mass is 16.3. The molecule has 0 aliphatic heterocycles. The number of unbranched alkanes of at least 4 members (excludes halogenated alkanes) is 19. The number of carbonyl (C=O) groups is 1. The quantitative estimate of drug-likeness (QED) is 0.0439. The molecule has 0 saturated carbocycles. The number of amides is 1. The number of nitrogens with one attached hydrogen (secondary N) is 1. The molecule has 0 aliphatic carbocycles. The summed E-state index contributed by atoms with van der Waals surface area (Å²) < 4.78 is 0. The predicted molar refractivity (Wildman–Crippen MR) is 230 cm³/mol. The van der Waals surface area contributed by atoms with Gasteiger partial charge in [0.2, 0.25) is 5.91 Å². The molecular formula is C48H83NO3. The van der Waals surface area contributed by atoms with Gasteiger partial charge in [0.25, 0.3) is 0 Å². The smallest absolute Gasteiger partial charge is 0.220 e. The normalized spacial score (nSPS) is 13.8. The van der Waals surface area contributed by atoms with Crippen LogP contribution in [0.15, 0.2) is 85.1 Å². The van der Waals surface area contributed by atoms with E-state index >= 15 is 0 Å². The first kappa shape index (κ1) is 49.6. The summed E-state index contributed by atoms with van der Waals surface area (Å²) in [6.07, 6.45) is 62.6. The Hall–Kier alpha value is -2.43. The van der Waals surface area contributed by atoms with E-state index in [2.05, 4.69) is 92.1 Å². The van der Waals surface area contributed by atoms with Gasteiger partial charge in [0.05, 0.1) is 18.8 Å². The fourth-order valence-electron chi connectivity index (χ4n) is 6.02. The lowest BCUT2D eigenvalue weighted by molar-refractivity contribution is -0.123. The van der Waals surface area contributed by atoms with Crippen molar-refractivity contribution in [1.29, 1.82) is 0 Å². The standard InChI is InChI=1S/C48H83NO3/c1-3-5-7-9-11-13-15-17-19-21-22-23-24-25-26-28-30-32-34-36-38-40-42-44-48(52)49-46(45-50)47(51)43-41-39-37-35-33-31-29-27-20-18-16-14-12-10-8-6-4-2/h5,7,11,13,17,19-20,22-23,27,33,35,41,43,46-47,50-51H,3-4,6,8-10,12,14-16,18,21,24-26,28-32,34,36-40,42,44-45H2,1-2H3,(H,49,52)/b7-5-,13-11-,19-17-,23-22-,27-20+,35-33+,43-41+. The molecule has 0 rings (SSSR count). The topological polar surface area (TPSA) is 69.6 Å². The Morgan fingerprint density at radius 2 is 0.865 bits per heavy atom. The molecule has 0 aromatic rings. The van der Waals surface area contributed by atoms with Crippen LogP contribution in [0.5, 0.6) is 0 Å². The molecule has 3 N–H and O–H groups in total. The Balaban J connectivity index is 3.67. The zero-order valence-electron chi connectivity index (χ0n) is 34.0. The maximum Gasteiger partial charge on any atom is 0.220 e. The van der Waals surface area contributed by atoms with E-state index in [-0.39, 0.29) is 12.5 Å². The third kappa shape index (κ3) is 38.8. The molecule has 4 heteroatoms. The molecule has 298 valence electrons. The minimum Gasteiger partial charge on any atom is -0.394 e. The van der Waals surface area contributed by atoms with Crippen LogP contribution in [0.25, 0.3) is 0 Å². The summed E-state index contributed by atoms with van der Waals surface area (Å²) in [5.41, 5.74) is 0. The molecule has 0 heterocycles. The van der Waals surface area contributed by atoms with Gasteiger partial charge >= 0.3 is 0 Å². The summed E-state index contributed by atoms with van der Waals surface area (Å²) in [5, 5.41) is 23.0. The van der Waals surface area contributed by atoms with E-state index < -0.39 is 12.1 Å². The summed E-state index contributed by atoms with van der Waals surface area (Å²) in [6, 6.07) is -0.652. The van der Waals surface area contributed by atoms with Crippen LogP contribution in [-0.2, 0) is 4.79 Å². The molecule has 0 saturated heterocycles. The first-order valence-corrected chi connectivity index (χ1v) is 21.8. The summed E-state index contributed by atoms with van der Waals surface area (Å²) >= 11 is 0. The van der Waals surface area contributed by atoms with Crippen LogP contribution in [0, 0.1) is 0 Å². The zero-order valence-corrected chi connectivity index (χ0v) is 34.0. The molecule has 1 amide bonds. The van der Waals surface area contributed by atoms with Crippen LogP contribution in [0.4, 0.5) is 0 Å². The van der Waals surface area contributed by atoms with Crippen molar-refractivity contribution in [3.63, 3.8) is 0 Å². The van der Waals surface area contributed by atoms with Crippen LogP contribution in [0.3, 0.4) is 0 Å². The molecule has 2 unspecified atom stereocenters. The predicted octanol–water partition coefficient (Wildman–Crippen LogP) is 13.7. The van der Waals surface area contributed by atoms with E-state index in [0.29, 0.717) is 6.42 Å². The van der Waals surface area contributed by atoms with Crippen molar-refractivity contribution in [1.82, 2.24) is 5.32 Å². The third-order valence-corrected chi connectivity index (χ3v) is 9.34. The number of aliphatic hydroxyl groups is 2. The summed E-state index contributed by atoms with van der Waals surface area (Å²) in [6.45, 7) is 4.16. The van der Waals surface area contributed by atoms with Gasteiger partial charge in [-0.2, -0.15) is 0 Å². The van der Waals surface area contributed by atoms with Crippen molar-refractivity contribution in [2.24, 2.45) is 0 Å². The van der Waals surface area contributed by atoms with Gasteiger partial charge in [-0.05, 0) is 83.5 Å². The summed E-state index contributed by atoms with van der Waals surface area (Å²) in [7, 11) is 0. The van der Waals surface area contributed by atoms with Crippen LogP contribution in [-0.4, -0.2) is 34.9 Å². The van der Waals surface area contributed by atoms with Gasteiger partial charge in [-0.15, -0.1) is 0 Å². The molecule has 0 fully saturated rings. The van der Waals surface area contributed by atoms with Gasteiger partial charge in [0, 0.05) is 6.42 Å². The van der Waals surface area contributed by atoms with Crippen LogP contribution in [0.1, 0.15) is 194 Å².